The molecule has 6 rings (SSSR count). The summed E-state index contributed by atoms with van der Waals surface area (Å²) < 4.78 is 51.6. The first-order valence-corrected chi connectivity index (χ1v) is 15.1. The minimum atomic E-state index is -4.81. The number of nitrogens with one attached hydrogen (secondary N) is 1. The number of carboxylic acids is 1. The zero-order valence-electron chi connectivity index (χ0n) is 25.8. The van der Waals surface area contributed by atoms with Crippen LogP contribution in [0.4, 0.5) is 24.9 Å². The number of aliphatic carboxylic acids is 1. The fourth-order valence-corrected chi connectivity index (χ4v) is 6.38. The second-order valence-electron chi connectivity index (χ2n) is 12.4. The minimum Gasteiger partial charge on any atom is -0.480 e. The van der Waals surface area contributed by atoms with Crippen molar-refractivity contribution < 1.29 is 27.8 Å². The van der Waals surface area contributed by atoms with Crippen LogP contribution >= 0.6 is 0 Å². The van der Waals surface area contributed by atoms with E-state index in [0.717, 1.165) is 22.3 Å². The lowest BCUT2D eigenvalue weighted by Crippen LogP contribution is -2.41. The summed E-state index contributed by atoms with van der Waals surface area (Å²) in [7, 11) is 0. The molecule has 4 N–H and O–H groups in total. The Morgan fingerprint density at radius 2 is 1.76 bits per heavy atom. The molecule has 0 bridgehead atoms. The number of hydrogen-bond acceptors (Lipinski definition) is 8. The molecule has 2 aliphatic rings. The number of benzene rings is 2. The molecule has 2 atom stereocenters. The number of aryl methyl sites for hydroxylation is 3. The summed E-state index contributed by atoms with van der Waals surface area (Å²) in [5.74, 6) is -1.03. The quantitative estimate of drug-likeness (QED) is 0.239. The van der Waals surface area contributed by atoms with Gasteiger partial charge in [-0.05, 0) is 79.8 Å². The number of halogens is 3. The Balaban J connectivity index is 1.31. The number of ether oxygens (including phenoxy) is 1. The van der Waals surface area contributed by atoms with Crippen LogP contribution in [0, 0.1) is 26.2 Å². The third-order valence-electron chi connectivity index (χ3n) is 9.17. The molecule has 0 radical (unpaired) electrons. The Labute approximate surface area is 264 Å². The van der Waals surface area contributed by atoms with Gasteiger partial charge >= 0.3 is 12.1 Å². The predicted octanol–water partition coefficient (Wildman–Crippen LogP) is 5.55. The van der Waals surface area contributed by atoms with Crippen molar-refractivity contribution in [1.29, 1.82) is 0 Å². The van der Waals surface area contributed by atoms with Crippen molar-refractivity contribution in [3.63, 3.8) is 0 Å². The summed E-state index contributed by atoms with van der Waals surface area (Å²) in [6.07, 6.45) is -3.64. The molecule has 1 spiro atoms. The van der Waals surface area contributed by atoms with E-state index in [4.69, 9.17) is 10.5 Å². The highest BCUT2D eigenvalue weighted by Crippen LogP contribution is 2.43. The van der Waals surface area contributed by atoms with Gasteiger partial charge in [0.15, 0.2) is 0 Å². The molecule has 13 heteroatoms. The molecule has 0 amide bonds. The van der Waals surface area contributed by atoms with Crippen molar-refractivity contribution in [2.45, 2.75) is 58.4 Å². The van der Waals surface area contributed by atoms with Crippen molar-refractivity contribution in [3.05, 3.63) is 77.1 Å². The van der Waals surface area contributed by atoms with Crippen molar-refractivity contribution >= 4 is 17.7 Å². The van der Waals surface area contributed by atoms with E-state index in [1.54, 1.807) is 31.3 Å². The van der Waals surface area contributed by atoms with E-state index in [2.05, 4.69) is 20.4 Å². The van der Waals surface area contributed by atoms with E-state index < -0.39 is 24.3 Å². The lowest BCUT2D eigenvalue weighted by Gasteiger charge is -2.39. The summed E-state index contributed by atoms with van der Waals surface area (Å²) in [5.41, 5.74) is 10.4. The summed E-state index contributed by atoms with van der Waals surface area (Å²) in [6.45, 7) is 7.43. The Morgan fingerprint density at radius 3 is 2.39 bits per heavy atom. The highest BCUT2D eigenvalue weighted by molar-refractivity contribution is 5.74. The third kappa shape index (κ3) is 6.37. The van der Waals surface area contributed by atoms with Crippen LogP contribution in [0.3, 0.4) is 0 Å². The second-order valence-corrected chi connectivity index (χ2v) is 12.4. The van der Waals surface area contributed by atoms with Gasteiger partial charge in [-0.1, -0.05) is 30.3 Å². The van der Waals surface area contributed by atoms with E-state index in [0.29, 0.717) is 50.4 Å². The number of hydrogen-bond donors (Lipinski definition) is 3. The number of rotatable bonds is 7. The van der Waals surface area contributed by atoms with E-state index in [1.165, 1.54) is 16.8 Å². The van der Waals surface area contributed by atoms with E-state index in [9.17, 15) is 23.1 Å². The number of alkyl halides is 3. The number of carboxylic acid groups (broad SMARTS) is 1. The fourth-order valence-electron chi connectivity index (χ4n) is 6.38. The average molecular weight is 636 g/mol. The van der Waals surface area contributed by atoms with Crippen molar-refractivity contribution in [1.82, 2.24) is 25.1 Å². The van der Waals surface area contributed by atoms with E-state index in [1.807, 2.05) is 36.9 Å². The van der Waals surface area contributed by atoms with Crippen LogP contribution in [0.15, 0.2) is 54.7 Å². The highest BCUT2D eigenvalue weighted by Gasteiger charge is 2.46. The van der Waals surface area contributed by atoms with Gasteiger partial charge in [-0.2, -0.15) is 28.2 Å². The molecule has 10 nitrogen and oxygen atoms in total. The Morgan fingerprint density at radius 1 is 1.04 bits per heavy atom. The summed E-state index contributed by atoms with van der Waals surface area (Å²) in [5, 5.41) is 16.9. The van der Waals surface area contributed by atoms with Crippen LogP contribution in [-0.2, 0) is 4.79 Å². The molecular formula is C33H36F3N7O3. The van der Waals surface area contributed by atoms with Gasteiger partial charge in [-0.3, -0.25) is 4.79 Å². The smallest absolute Gasteiger partial charge is 0.429 e. The number of piperidine rings is 1. The van der Waals surface area contributed by atoms with Crippen LogP contribution in [0.25, 0.3) is 16.8 Å². The van der Waals surface area contributed by atoms with Gasteiger partial charge in [0.1, 0.15) is 11.9 Å². The first-order valence-electron chi connectivity index (χ1n) is 15.1. The lowest BCUT2D eigenvalue weighted by atomic mass is 9.76. The first-order chi connectivity index (χ1) is 21.8. The van der Waals surface area contributed by atoms with Crippen molar-refractivity contribution in [3.8, 4) is 22.7 Å². The van der Waals surface area contributed by atoms with Gasteiger partial charge < -0.3 is 25.8 Å². The van der Waals surface area contributed by atoms with Crippen LogP contribution in [-0.4, -0.2) is 62.7 Å². The van der Waals surface area contributed by atoms with Gasteiger partial charge in [0, 0.05) is 37.5 Å². The molecule has 4 aromatic rings. The maximum Gasteiger partial charge on any atom is 0.429 e. The number of nitrogens with two attached hydrogens (primary N) is 1. The minimum absolute atomic E-state index is 0.136. The molecular weight excluding hydrogens is 599 g/mol. The molecule has 2 aromatic carbocycles. The number of nitrogens with zero attached hydrogens (tertiary/aromatic N) is 5. The Hall–Kier alpha value is -4.65. The monoisotopic (exact) mass is 635 g/mol. The lowest BCUT2D eigenvalue weighted by molar-refractivity contribution is -0.198. The largest absolute Gasteiger partial charge is 0.480 e. The van der Waals surface area contributed by atoms with Crippen molar-refractivity contribution in [2.24, 2.45) is 5.41 Å². The molecule has 0 aliphatic carbocycles. The first kappa shape index (κ1) is 31.3. The summed E-state index contributed by atoms with van der Waals surface area (Å²) in [6, 6.07) is 13.2. The molecule has 2 fully saturated rings. The molecule has 0 saturated carbocycles. The Bertz CT molecular complexity index is 1770. The number of anilines is 2. The molecule has 4 heterocycles. The highest BCUT2D eigenvalue weighted by atomic mass is 19.4. The second kappa shape index (κ2) is 11.9. The molecule has 46 heavy (non-hydrogen) atoms. The molecule has 2 aliphatic heterocycles. The number of aromatic nitrogens is 4. The number of carbonyl (C=O) groups is 1. The molecule has 2 aromatic heterocycles. The van der Waals surface area contributed by atoms with Gasteiger partial charge in [-0.15, -0.1) is 0 Å². The van der Waals surface area contributed by atoms with E-state index in [-0.39, 0.29) is 28.5 Å². The average Bonchev–Trinajstić information content (AvgIpc) is 3.63. The van der Waals surface area contributed by atoms with Crippen molar-refractivity contribution in [2.75, 3.05) is 30.3 Å². The fraction of sp³-hybridized carbons (Fsp3) is 0.394. The van der Waals surface area contributed by atoms with E-state index >= 15 is 0 Å². The topological polar surface area (TPSA) is 131 Å². The third-order valence-corrected chi connectivity index (χ3v) is 9.17. The van der Waals surface area contributed by atoms with Crippen LogP contribution in [0.5, 0.6) is 5.88 Å². The normalized spacial score (nSPS) is 18.6. The van der Waals surface area contributed by atoms with Gasteiger partial charge in [0.25, 0.3) is 0 Å². The molecule has 2 saturated heterocycles. The van der Waals surface area contributed by atoms with Gasteiger partial charge in [0.05, 0.1) is 11.4 Å². The summed E-state index contributed by atoms with van der Waals surface area (Å²) in [4.78, 5) is 21.7. The van der Waals surface area contributed by atoms with Gasteiger partial charge in [-0.25, -0.2) is 4.68 Å². The Kier molecular flexibility index (Phi) is 8.13. The van der Waals surface area contributed by atoms with Crippen LogP contribution < -0.4 is 20.7 Å². The molecule has 242 valence electrons. The standard InChI is InChI=1S/C33H36F3N7O3/c1-19-4-5-22(14-20(19)2)23-6-7-24(26(15-23)43-11-8-21(3)41-43)29(33(34,35)36)46-28-16-27(39-31(37)40-28)42-12-9-32(10-13-42)17-25(30(44)45)38-18-32/h4-8,11,14-16,25,29,38H,9-10,12-13,17-18H2,1-3H3,(H,44,45)(H2,37,39,40). The SMILES string of the molecule is Cc1ccn(-c2cc(-c3ccc(C)c(C)c3)ccc2C(Oc2cc(N3CCC4(CC3)CNC(C(=O)O)C4)nc(N)n2)C(F)(F)F)n1. The molecule has 2 unspecified atom stereocenters. The van der Waals surface area contributed by atoms with Gasteiger partial charge in [0.2, 0.25) is 17.9 Å². The van der Waals surface area contributed by atoms with Crippen LogP contribution in [0.2, 0.25) is 0 Å². The summed E-state index contributed by atoms with van der Waals surface area (Å²) >= 11 is 0. The van der Waals surface area contributed by atoms with Crippen LogP contribution in [0.1, 0.15) is 47.8 Å². The maximum absolute atomic E-state index is 14.8. The number of nitrogen functional groups attached to an aromatic ring is 1. The zero-order valence-corrected chi connectivity index (χ0v) is 25.8. The predicted molar refractivity (Wildman–Crippen MR) is 167 cm³/mol. The zero-order chi connectivity index (χ0) is 32.8. The maximum atomic E-state index is 14.8.